The molecule has 1 aliphatic heterocycles. The number of anilines is 1. The van der Waals surface area contributed by atoms with Gasteiger partial charge < -0.3 is 14.4 Å². The van der Waals surface area contributed by atoms with Crippen molar-refractivity contribution < 1.29 is 0 Å². The minimum Gasteiger partial charge on any atom is -0.371 e. The molecule has 142 valence electrons. The first-order chi connectivity index (χ1) is 13.2. The largest absolute Gasteiger partial charge is 0.371 e. The van der Waals surface area contributed by atoms with Crippen LogP contribution in [0.2, 0.25) is 0 Å². The Hall–Kier alpha value is -2.47. The summed E-state index contributed by atoms with van der Waals surface area (Å²) in [5, 5.41) is 10.3. The van der Waals surface area contributed by atoms with E-state index in [9.17, 15) is 0 Å². The highest BCUT2D eigenvalue weighted by atomic mass is 15.3. The number of hydrogen-bond acceptors (Lipinski definition) is 5. The molecule has 0 saturated carbocycles. The van der Waals surface area contributed by atoms with E-state index in [2.05, 4.69) is 74.8 Å². The van der Waals surface area contributed by atoms with E-state index in [-0.39, 0.29) is 0 Å². The molecular weight excluding hydrogens is 336 g/mol. The predicted octanol–water partition coefficient (Wildman–Crippen LogP) is 3.29. The zero-order chi connectivity index (χ0) is 18.8. The van der Waals surface area contributed by atoms with Gasteiger partial charge in [-0.3, -0.25) is 4.98 Å². The van der Waals surface area contributed by atoms with Crippen molar-refractivity contribution in [3.8, 4) is 0 Å². The summed E-state index contributed by atoms with van der Waals surface area (Å²) >= 11 is 0. The summed E-state index contributed by atoms with van der Waals surface area (Å²) in [6.07, 6.45) is 4.14. The SMILES string of the molecule is CCn1c(CN(C)C)nnc1C1CCN(c2ccnc3ccccc23)CC1. The maximum Gasteiger partial charge on any atom is 0.147 e. The van der Waals surface area contributed by atoms with Crippen LogP contribution in [0.3, 0.4) is 0 Å². The lowest BCUT2D eigenvalue weighted by molar-refractivity contribution is 0.377. The van der Waals surface area contributed by atoms with Crippen molar-refractivity contribution in [2.24, 2.45) is 0 Å². The molecule has 2 aromatic heterocycles. The molecule has 0 atom stereocenters. The number of benzene rings is 1. The van der Waals surface area contributed by atoms with Crippen LogP contribution in [0, 0.1) is 0 Å². The number of aromatic nitrogens is 4. The van der Waals surface area contributed by atoms with Crippen molar-refractivity contribution >= 4 is 16.6 Å². The van der Waals surface area contributed by atoms with Crippen LogP contribution >= 0.6 is 0 Å². The molecule has 3 heterocycles. The van der Waals surface area contributed by atoms with Crippen LogP contribution in [0.25, 0.3) is 10.9 Å². The highest BCUT2D eigenvalue weighted by Gasteiger charge is 2.26. The highest BCUT2D eigenvalue weighted by molar-refractivity contribution is 5.91. The Morgan fingerprint density at radius 3 is 2.59 bits per heavy atom. The quantitative estimate of drug-likeness (QED) is 0.695. The minimum absolute atomic E-state index is 0.484. The van der Waals surface area contributed by atoms with Crippen LogP contribution in [-0.4, -0.2) is 51.8 Å². The molecule has 1 aromatic carbocycles. The zero-order valence-corrected chi connectivity index (χ0v) is 16.5. The van der Waals surface area contributed by atoms with Crippen LogP contribution in [0.1, 0.15) is 37.3 Å². The van der Waals surface area contributed by atoms with E-state index in [0.717, 1.165) is 56.2 Å². The third-order valence-electron chi connectivity index (χ3n) is 5.46. The lowest BCUT2D eigenvalue weighted by atomic mass is 9.95. The van der Waals surface area contributed by atoms with Gasteiger partial charge in [0.15, 0.2) is 0 Å². The van der Waals surface area contributed by atoms with Gasteiger partial charge in [-0.2, -0.15) is 0 Å². The molecule has 0 aliphatic carbocycles. The monoisotopic (exact) mass is 364 g/mol. The van der Waals surface area contributed by atoms with Gasteiger partial charge in [-0.05, 0) is 46.0 Å². The molecule has 4 rings (SSSR count). The minimum atomic E-state index is 0.484. The topological polar surface area (TPSA) is 50.1 Å². The van der Waals surface area contributed by atoms with E-state index in [1.54, 1.807) is 0 Å². The van der Waals surface area contributed by atoms with Crippen LogP contribution < -0.4 is 4.90 Å². The normalized spacial score (nSPS) is 15.8. The van der Waals surface area contributed by atoms with Gasteiger partial charge in [-0.15, -0.1) is 10.2 Å². The summed E-state index contributed by atoms with van der Waals surface area (Å²) in [7, 11) is 4.15. The number of nitrogens with zero attached hydrogens (tertiary/aromatic N) is 6. The molecule has 1 saturated heterocycles. The summed E-state index contributed by atoms with van der Waals surface area (Å²) < 4.78 is 2.31. The smallest absolute Gasteiger partial charge is 0.147 e. The second kappa shape index (κ2) is 7.64. The third-order valence-corrected chi connectivity index (χ3v) is 5.46. The molecular formula is C21H28N6. The first-order valence-electron chi connectivity index (χ1n) is 9.82. The van der Waals surface area contributed by atoms with Gasteiger partial charge in [0.05, 0.1) is 12.1 Å². The molecule has 0 amide bonds. The van der Waals surface area contributed by atoms with E-state index in [1.807, 2.05) is 12.3 Å². The fourth-order valence-electron chi connectivity index (χ4n) is 4.13. The Bertz CT molecular complexity index is 903. The summed E-state index contributed by atoms with van der Waals surface area (Å²) in [5.74, 6) is 2.71. The van der Waals surface area contributed by atoms with Crippen LogP contribution in [0.15, 0.2) is 36.5 Å². The molecule has 0 spiro atoms. The van der Waals surface area contributed by atoms with E-state index < -0.39 is 0 Å². The average Bonchev–Trinajstić information content (AvgIpc) is 3.09. The number of fused-ring (bicyclic) bond motifs is 1. The third kappa shape index (κ3) is 3.54. The molecule has 27 heavy (non-hydrogen) atoms. The number of rotatable bonds is 5. The van der Waals surface area contributed by atoms with Gasteiger partial charge in [0.2, 0.25) is 0 Å². The van der Waals surface area contributed by atoms with Crippen molar-refractivity contribution in [2.45, 2.75) is 38.8 Å². The second-order valence-corrected chi connectivity index (χ2v) is 7.57. The van der Waals surface area contributed by atoms with E-state index in [1.165, 1.54) is 11.1 Å². The number of piperidine rings is 1. The molecule has 1 aliphatic rings. The fourth-order valence-corrected chi connectivity index (χ4v) is 4.13. The average molecular weight is 364 g/mol. The van der Waals surface area contributed by atoms with E-state index >= 15 is 0 Å². The molecule has 6 nitrogen and oxygen atoms in total. The summed E-state index contributed by atoms with van der Waals surface area (Å²) in [4.78, 5) is 9.14. The molecule has 3 aromatic rings. The fraction of sp³-hybridized carbons (Fsp3) is 0.476. The molecule has 0 radical (unpaired) electrons. The zero-order valence-electron chi connectivity index (χ0n) is 16.5. The number of para-hydroxylation sites is 1. The Balaban J connectivity index is 1.52. The van der Waals surface area contributed by atoms with Gasteiger partial charge in [-0.1, -0.05) is 18.2 Å². The van der Waals surface area contributed by atoms with Gasteiger partial charge in [0, 0.05) is 42.8 Å². The predicted molar refractivity (Wildman–Crippen MR) is 109 cm³/mol. The van der Waals surface area contributed by atoms with Gasteiger partial charge in [-0.25, -0.2) is 0 Å². The van der Waals surface area contributed by atoms with Crippen molar-refractivity contribution in [3.05, 3.63) is 48.2 Å². The van der Waals surface area contributed by atoms with E-state index in [0.29, 0.717) is 5.92 Å². The summed E-state index contributed by atoms with van der Waals surface area (Å²) in [6, 6.07) is 10.5. The molecule has 1 fully saturated rings. The van der Waals surface area contributed by atoms with Crippen LogP contribution in [-0.2, 0) is 13.1 Å². The van der Waals surface area contributed by atoms with E-state index in [4.69, 9.17) is 0 Å². The number of hydrogen-bond donors (Lipinski definition) is 0. The maximum atomic E-state index is 4.57. The highest BCUT2D eigenvalue weighted by Crippen LogP contribution is 2.32. The van der Waals surface area contributed by atoms with Gasteiger partial charge >= 0.3 is 0 Å². The molecule has 0 N–H and O–H groups in total. The Kier molecular flexibility index (Phi) is 5.07. The van der Waals surface area contributed by atoms with Gasteiger partial charge in [0.1, 0.15) is 11.6 Å². The Morgan fingerprint density at radius 1 is 1.07 bits per heavy atom. The second-order valence-electron chi connectivity index (χ2n) is 7.57. The Morgan fingerprint density at radius 2 is 1.85 bits per heavy atom. The van der Waals surface area contributed by atoms with Crippen molar-refractivity contribution in [1.82, 2.24) is 24.6 Å². The van der Waals surface area contributed by atoms with Crippen molar-refractivity contribution in [2.75, 3.05) is 32.1 Å². The first-order valence-corrected chi connectivity index (χ1v) is 9.82. The van der Waals surface area contributed by atoms with Crippen LogP contribution in [0.4, 0.5) is 5.69 Å². The lowest BCUT2D eigenvalue weighted by Gasteiger charge is -2.34. The van der Waals surface area contributed by atoms with Gasteiger partial charge in [0.25, 0.3) is 0 Å². The summed E-state index contributed by atoms with van der Waals surface area (Å²) in [5.41, 5.74) is 2.36. The standard InChI is InChI=1S/C21H28N6/c1-4-27-20(15-25(2)3)23-24-21(27)16-10-13-26(14-11-16)19-9-12-22-18-8-6-5-7-17(18)19/h5-9,12,16H,4,10-11,13-15H2,1-3H3. The maximum absolute atomic E-state index is 4.57. The lowest BCUT2D eigenvalue weighted by Crippen LogP contribution is -2.34. The van der Waals surface area contributed by atoms with Crippen molar-refractivity contribution in [3.63, 3.8) is 0 Å². The molecule has 0 bridgehead atoms. The summed E-state index contributed by atoms with van der Waals surface area (Å²) in [6.45, 7) is 6.03. The molecule has 0 unspecified atom stereocenters. The van der Waals surface area contributed by atoms with Crippen molar-refractivity contribution in [1.29, 1.82) is 0 Å². The molecule has 6 heteroatoms. The number of pyridine rings is 1. The first kappa shape index (κ1) is 17.9. The van der Waals surface area contributed by atoms with Crippen LogP contribution in [0.5, 0.6) is 0 Å². The Labute approximate surface area is 160 Å².